The minimum Gasteiger partial charge on any atom is -0.287 e. The first-order valence-electron chi connectivity index (χ1n) is 5.71. The number of aliphatic imine (C=N–C) groups is 1. The molecule has 1 amide bonds. The third kappa shape index (κ3) is 3.95. The number of ketones is 1. The van der Waals surface area contributed by atoms with Gasteiger partial charge in [-0.05, 0) is 55.7 Å². The van der Waals surface area contributed by atoms with Crippen molar-refractivity contribution in [2.45, 2.75) is 0 Å². The predicted molar refractivity (Wildman–Crippen MR) is 86.9 cm³/mol. The lowest BCUT2D eigenvalue weighted by molar-refractivity contribution is -0.113. The highest BCUT2D eigenvalue weighted by Gasteiger charge is 2.16. The quantitative estimate of drug-likeness (QED) is 0.565. The van der Waals surface area contributed by atoms with Gasteiger partial charge < -0.3 is 0 Å². The Balaban J connectivity index is 2.14. The summed E-state index contributed by atoms with van der Waals surface area (Å²) in [7, 11) is 0. The molecule has 1 aromatic carbocycles. The molecular formula is C15H9Br2NO2. The maximum absolute atomic E-state index is 11.7. The largest absolute Gasteiger partial charge is 0.287 e. The third-order valence-electron chi connectivity index (χ3n) is 2.44. The molecule has 0 radical (unpaired) electrons. The molecule has 0 aromatic heterocycles. The molecule has 0 fully saturated rings. The van der Waals surface area contributed by atoms with E-state index >= 15 is 0 Å². The van der Waals surface area contributed by atoms with Crippen molar-refractivity contribution in [1.29, 1.82) is 0 Å². The van der Waals surface area contributed by atoms with Crippen molar-refractivity contribution in [2.75, 3.05) is 0 Å². The number of allylic oxidation sites excluding steroid dienone is 4. The molecule has 0 N–H and O–H groups in total. The molecule has 1 aliphatic carbocycles. The highest BCUT2D eigenvalue weighted by Crippen LogP contribution is 2.22. The van der Waals surface area contributed by atoms with Crippen LogP contribution in [0.15, 0.2) is 62.5 Å². The van der Waals surface area contributed by atoms with E-state index in [9.17, 15) is 9.59 Å². The summed E-state index contributed by atoms with van der Waals surface area (Å²) >= 11 is 6.26. The van der Waals surface area contributed by atoms with Gasteiger partial charge in [-0.25, -0.2) is 4.99 Å². The van der Waals surface area contributed by atoms with Crippen LogP contribution in [-0.4, -0.2) is 17.4 Å². The van der Waals surface area contributed by atoms with E-state index in [4.69, 9.17) is 0 Å². The lowest BCUT2D eigenvalue weighted by Gasteiger charge is -2.05. The van der Waals surface area contributed by atoms with Crippen LogP contribution >= 0.6 is 31.9 Å². The lowest BCUT2D eigenvalue weighted by atomic mass is 10.1. The second-order valence-corrected chi connectivity index (χ2v) is 5.64. The summed E-state index contributed by atoms with van der Waals surface area (Å²) in [5.41, 5.74) is 1.35. The second kappa shape index (κ2) is 6.72. The van der Waals surface area contributed by atoms with Crippen molar-refractivity contribution < 1.29 is 9.59 Å². The fraction of sp³-hybridized carbons (Fsp3) is 0. The molecule has 0 saturated heterocycles. The van der Waals surface area contributed by atoms with Crippen molar-refractivity contribution in [3.05, 3.63) is 63.1 Å². The number of hydrogen-bond acceptors (Lipinski definition) is 2. The van der Waals surface area contributed by atoms with E-state index in [-0.39, 0.29) is 11.7 Å². The number of rotatable bonds is 2. The van der Waals surface area contributed by atoms with Crippen molar-refractivity contribution in [3.63, 3.8) is 0 Å². The van der Waals surface area contributed by atoms with E-state index in [1.165, 1.54) is 18.2 Å². The topological polar surface area (TPSA) is 46.5 Å². The normalized spacial score (nSPS) is 15.1. The Morgan fingerprint density at radius 1 is 1.05 bits per heavy atom. The smallest absolute Gasteiger partial charge is 0.270 e. The van der Waals surface area contributed by atoms with Crippen LogP contribution in [0, 0.1) is 0 Å². The average Bonchev–Trinajstić information content (AvgIpc) is 2.43. The minimum atomic E-state index is -0.383. The molecule has 2 rings (SSSR count). The SMILES string of the molecule is O=C(/C=C/c1ccccc1)N=C1C=C(Br)C(=O)C(Br)=C1. The zero-order valence-electron chi connectivity index (χ0n) is 10.2. The van der Waals surface area contributed by atoms with E-state index < -0.39 is 0 Å². The number of nitrogens with zero attached hydrogens (tertiary/aromatic N) is 1. The highest BCUT2D eigenvalue weighted by atomic mass is 79.9. The number of amides is 1. The standard InChI is InChI=1S/C15H9Br2NO2/c16-12-8-11(9-13(17)15(12)20)18-14(19)7-6-10-4-2-1-3-5-10/h1-9H/b7-6+. The van der Waals surface area contributed by atoms with Crippen LogP contribution in [0.3, 0.4) is 0 Å². The molecule has 0 saturated carbocycles. The first-order valence-corrected chi connectivity index (χ1v) is 7.30. The molecule has 5 heteroatoms. The fourth-order valence-electron chi connectivity index (χ4n) is 1.51. The molecule has 0 atom stereocenters. The number of carbonyl (C=O) groups excluding carboxylic acids is 2. The first-order chi connectivity index (χ1) is 9.56. The van der Waals surface area contributed by atoms with Gasteiger partial charge >= 0.3 is 0 Å². The van der Waals surface area contributed by atoms with Crippen LogP contribution < -0.4 is 0 Å². The van der Waals surface area contributed by atoms with Gasteiger partial charge in [-0.15, -0.1) is 0 Å². The lowest BCUT2D eigenvalue weighted by Crippen LogP contribution is -2.08. The van der Waals surface area contributed by atoms with E-state index in [0.717, 1.165) is 5.56 Å². The first kappa shape index (κ1) is 14.8. The number of halogens is 2. The summed E-state index contributed by atoms with van der Waals surface area (Å²) in [6, 6.07) is 9.47. The molecule has 1 aromatic rings. The van der Waals surface area contributed by atoms with E-state index in [1.807, 2.05) is 30.3 Å². The van der Waals surface area contributed by atoms with Gasteiger partial charge in [0.05, 0.1) is 14.7 Å². The summed E-state index contributed by atoms with van der Waals surface area (Å²) in [5, 5.41) is 0. The molecule has 0 spiro atoms. The van der Waals surface area contributed by atoms with Crippen LogP contribution in [0.4, 0.5) is 0 Å². The fourth-order valence-corrected chi connectivity index (χ4v) is 2.67. The van der Waals surface area contributed by atoms with E-state index in [2.05, 4.69) is 36.9 Å². The molecule has 0 unspecified atom stereocenters. The van der Waals surface area contributed by atoms with Gasteiger partial charge in [0, 0.05) is 6.08 Å². The number of hydrogen-bond donors (Lipinski definition) is 0. The number of Topliss-reactive ketones (excluding diaryl/α,β-unsaturated/α-hetero) is 1. The zero-order chi connectivity index (χ0) is 14.5. The number of carbonyl (C=O) groups is 2. The van der Waals surface area contributed by atoms with Gasteiger partial charge in [0.25, 0.3) is 5.91 Å². The van der Waals surface area contributed by atoms with Gasteiger partial charge in [0.15, 0.2) is 0 Å². The molecule has 20 heavy (non-hydrogen) atoms. The Bertz CT molecular complexity index is 646. The summed E-state index contributed by atoms with van der Waals surface area (Å²) in [6.07, 6.45) is 6.11. The Morgan fingerprint density at radius 3 is 2.25 bits per heavy atom. The van der Waals surface area contributed by atoms with Gasteiger partial charge in [0.2, 0.25) is 5.78 Å². The van der Waals surface area contributed by atoms with Crippen LogP contribution in [0.2, 0.25) is 0 Å². The van der Waals surface area contributed by atoms with Crippen molar-refractivity contribution in [3.8, 4) is 0 Å². The summed E-state index contributed by atoms with van der Waals surface area (Å²) in [4.78, 5) is 27.1. The van der Waals surface area contributed by atoms with Crippen molar-refractivity contribution >= 4 is 55.3 Å². The number of benzene rings is 1. The molecular weight excluding hydrogens is 386 g/mol. The predicted octanol–water partition coefficient (Wildman–Crippen LogP) is 3.81. The Hall–Kier alpha value is -1.59. The molecule has 0 heterocycles. The molecule has 0 aliphatic heterocycles. The minimum absolute atomic E-state index is 0.170. The highest BCUT2D eigenvalue weighted by molar-refractivity contribution is 9.13. The van der Waals surface area contributed by atoms with Crippen LogP contribution in [0.5, 0.6) is 0 Å². The molecule has 100 valence electrons. The second-order valence-electron chi connectivity index (χ2n) is 3.93. The van der Waals surface area contributed by atoms with Crippen molar-refractivity contribution in [2.24, 2.45) is 4.99 Å². The van der Waals surface area contributed by atoms with Gasteiger partial charge in [0.1, 0.15) is 0 Å². The van der Waals surface area contributed by atoms with Gasteiger partial charge in [-0.3, -0.25) is 9.59 Å². The molecule has 1 aliphatic rings. The monoisotopic (exact) mass is 393 g/mol. The Morgan fingerprint density at radius 2 is 1.65 bits per heavy atom. The molecule has 0 bridgehead atoms. The maximum Gasteiger partial charge on any atom is 0.270 e. The average molecular weight is 395 g/mol. The third-order valence-corrected chi connectivity index (χ3v) is 3.62. The van der Waals surface area contributed by atoms with Crippen LogP contribution in [-0.2, 0) is 9.59 Å². The van der Waals surface area contributed by atoms with Gasteiger partial charge in [-0.1, -0.05) is 30.3 Å². The summed E-state index contributed by atoms with van der Waals surface area (Å²) < 4.78 is 0.732. The zero-order valence-corrected chi connectivity index (χ0v) is 13.4. The van der Waals surface area contributed by atoms with E-state index in [1.54, 1.807) is 6.08 Å². The van der Waals surface area contributed by atoms with Gasteiger partial charge in [-0.2, -0.15) is 0 Å². The summed E-state index contributed by atoms with van der Waals surface area (Å²) in [5.74, 6) is -0.553. The van der Waals surface area contributed by atoms with E-state index in [0.29, 0.717) is 14.7 Å². The van der Waals surface area contributed by atoms with Crippen LogP contribution in [0.25, 0.3) is 6.08 Å². The Kier molecular flexibility index (Phi) is 4.98. The Labute approximate surface area is 133 Å². The van der Waals surface area contributed by atoms with Crippen LogP contribution in [0.1, 0.15) is 5.56 Å². The van der Waals surface area contributed by atoms with Crippen molar-refractivity contribution in [1.82, 2.24) is 0 Å². The molecule has 3 nitrogen and oxygen atoms in total. The summed E-state index contributed by atoms with van der Waals surface area (Å²) in [6.45, 7) is 0. The maximum atomic E-state index is 11.7.